The molecule has 3 aromatic rings. The van der Waals surface area contributed by atoms with Crippen LogP contribution in [0.3, 0.4) is 0 Å². The molecule has 146 valence electrons. The van der Waals surface area contributed by atoms with Crippen LogP contribution in [0.4, 0.5) is 5.95 Å². The Kier molecular flexibility index (Phi) is 5.34. The molecule has 0 bridgehead atoms. The van der Waals surface area contributed by atoms with E-state index < -0.39 is 0 Å². The molecular formula is C21H26N6O. The average molecular weight is 378 g/mol. The summed E-state index contributed by atoms with van der Waals surface area (Å²) < 4.78 is 4.93. The standard InChI is InChI=1S/C21H26N6O/c1-15-4-5-19(16(2)23-15)20-6-10-22-21(24-20)27-11-7-18(8-12-27)26(3)14-17-9-13-28-25-17/h4-6,9-10,13,18H,7-8,11-12,14H2,1-3H3. The van der Waals surface area contributed by atoms with Gasteiger partial charge >= 0.3 is 0 Å². The second-order valence-electron chi connectivity index (χ2n) is 7.45. The zero-order valence-electron chi connectivity index (χ0n) is 16.7. The van der Waals surface area contributed by atoms with E-state index in [9.17, 15) is 0 Å². The number of anilines is 1. The van der Waals surface area contributed by atoms with Crippen molar-refractivity contribution >= 4 is 5.95 Å². The van der Waals surface area contributed by atoms with E-state index in [4.69, 9.17) is 9.51 Å². The fourth-order valence-electron chi connectivity index (χ4n) is 3.82. The third-order valence-electron chi connectivity index (χ3n) is 5.42. The van der Waals surface area contributed by atoms with Gasteiger partial charge < -0.3 is 9.42 Å². The van der Waals surface area contributed by atoms with Crippen molar-refractivity contribution in [2.45, 2.75) is 39.3 Å². The summed E-state index contributed by atoms with van der Waals surface area (Å²) in [4.78, 5) is 18.5. The van der Waals surface area contributed by atoms with Crippen LogP contribution in [0, 0.1) is 13.8 Å². The van der Waals surface area contributed by atoms with E-state index in [1.54, 1.807) is 6.26 Å². The van der Waals surface area contributed by atoms with Crippen LogP contribution < -0.4 is 4.90 Å². The van der Waals surface area contributed by atoms with E-state index in [2.05, 4.69) is 38.0 Å². The lowest BCUT2D eigenvalue weighted by molar-refractivity contribution is 0.195. The summed E-state index contributed by atoms with van der Waals surface area (Å²) in [6.07, 6.45) is 5.63. The molecule has 0 N–H and O–H groups in total. The van der Waals surface area contributed by atoms with Crippen molar-refractivity contribution in [3.05, 3.63) is 53.8 Å². The van der Waals surface area contributed by atoms with Gasteiger partial charge in [0.1, 0.15) is 6.26 Å². The van der Waals surface area contributed by atoms with Gasteiger partial charge in [-0.2, -0.15) is 0 Å². The molecule has 0 radical (unpaired) electrons. The van der Waals surface area contributed by atoms with Crippen molar-refractivity contribution in [1.29, 1.82) is 0 Å². The average Bonchev–Trinajstić information content (AvgIpc) is 3.21. The van der Waals surface area contributed by atoms with Gasteiger partial charge in [-0.15, -0.1) is 0 Å². The molecule has 0 saturated carbocycles. The lowest BCUT2D eigenvalue weighted by Gasteiger charge is -2.36. The van der Waals surface area contributed by atoms with Gasteiger partial charge in [0.2, 0.25) is 5.95 Å². The van der Waals surface area contributed by atoms with Gasteiger partial charge in [0.25, 0.3) is 0 Å². The minimum atomic E-state index is 0.527. The monoisotopic (exact) mass is 378 g/mol. The molecule has 0 amide bonds. The second-order valence-corrected chi connectivity index (χ2v) is 7.45. The Morgan fingerprint density at radius 3 is 2.64 bits per heavy atom. The second kappa shape index (κ2) is 8.06. The summed E-state index contributed by atoms with van der Waals surface area (Å²) in [5, 5.41) is 4.01. The minimum Gasteiger partial charge on any atom is -0.364 e. The van der Waals surface area contributed by atoms with E-state index in [-0.39, 0.29) is 0 Å². The first kappa shape index (κ1) is 18.6. The molecule has 4 heterocycles. The maximum absolute atomic E-state index is 4.93. The molecule has 0 aromatic carbocycles. The van der Waals surface area contributed by atoms with Gasteiger partial charge in [0.05, 0.1) is 11.4 Å². The molecule has 0 unspecified atom stereocenters. The highest BCUT2D eigenvalue weighted by atomic mass is 16.5. The first-order valence-corrected chi connectivity index (χ1v) is 9.72. The van der Waals surface area contributed by atoms with E-state index >= 15 is 0 Å². The Balaban J connectivity index is 1.42. The molecule has 0 aliphatic carbocycles. The number of aryl methyl sites for hydroxylation is 2. The Morgan fingerprint density at radius 1 is 1.11 bits per heavy atom. The maximum atomic E-state index is 4.93. The van der Waals surface area contributed by atoms with Crippen molar-refractivity contribution in [3.63, 3.8) is 0 Å². The highest BCUT2D eigenvalue weighted by molar-refractivity contribution is 5.62. The first-order valence-electron chi connectivity index (χ1n) is 9.72. The third-order valence-corrected chi connectivity index (χ3v) is 5.42. The fourth-order valence-corrected chi connectivity index (χ4v) is 3.82. The van der Waals surface area contributed by atoms with Gasteiger partial charge in [-0.1, -0.05) is 5.16 Å². The van der Waals surface area contributed by atoms with Crippen molar-refractivity contribution in [2.75, 3.05) is 25.0 Å². The SMILES string of the molecule is Cc1ccc(-c2ccnc(N3CCC(N(C)Cc4ccon4)CC3)n2)c(C)n1. The molecule has 7 heteroatoms. The number of rotatable bonds is 5. The largest absolute Gasteiger partial charge is 0.364 e. The Labute approximate surface area is 165 Å². The highest BCUT2D eigenvalue weighted by Gasteiger charge is 2.24. The van der Waals surface area contributed by atoms with Crippen molar-refractivity contribution in [1.82, 2.24) is 25.0 Å². The third kappa shape index (κ3) is 4.04. The van der Waals surface area contributed by atoms with E-state index in [1.165, 1.54) is 0 Å². The van der Waals surface area contributed by atoms with Crippen LogP contribution in [0.2, 0.25) is 0 Å². The molecule has 1 saturated heterocycles. The Morgan fingerprint density at radius 2 is 1.93 bits per heavy atom. The number of nitrogens with zero attached hydrogens (tertiary/aromatic N) is 6. The number of hydrogen-bond donors (Lipinski definition) is 0. The van der Waals surface area contributed by atoms with Crippen LogP contribution in [0.5, 0.6) is 0 Å². The predicted octanol–water partition coefficient (Wildman–Crippen LogP) is 3.24. The number of piperidine rings is 1. The molecule has 1 aliphatic rings. The molecule has 1 aliphatic heterocycles. The summed E-state index contributed by atoms with van der Waals surface area (Å²) in [7, 11) is 2.15. The highest BCUT2D eigenvalue weighted by Crippen LogP contribution is 2.24. The van der Waals surface area contributed by atoms with Gasteiger partial charge in [-0.3, -0.25) is 9.88 Å². The fraction of sp³-hybridized carbons (Fsp3) is 0.429. The van der Waals surface area contributed by atoms with Crippen molar-refractivity contribution < 1.29 is 4.52 Å². The minimum absolute atomic E-state index is 0.527. The number of hydrogen-bond acceptors (Lipinski definition) is 7. The van der Waals surface area contributed by atoms with Crippen LogP contribution >= 0.6 is 0 Å². The van der Waals surface area contributed by atoms with Crippen LogP contribution in [0.15, 0.2) is 41.2 Å². The molecule has 3 aromatic heterocycles. The summed E-state index contributed by atoms with van der Waals surface area (Å²) in [6.45, 7) is 6.74. The molecule has 4 rings (SSSR count). The molecule has 28 heavy (non-hydrogen) atoms. The van der Waals surface area contributed by atoms with Gasteiger partial charge in [-0.05, 0) is 51.9 Å². The molecule has 0 atom stereocenters. The topological polar surface area (TPSA) is 71.2 Å². The van der Waals surface area contributed by atoms with Gasteiger partial charge in [-0.25, -0.2) is 9.97 Å². The quantitative estimate of drug-likeness (QED) is 0.675. The summed E-state index contributed by atoms with van der Waals surface area (Å²) in [5.41, 5.74) is 4.99. The van der Waals surface area contributed by atoms with Gasteiger partial charge in [0, 0.05) is 54.9 Å². The Hall–Kier alpha value is -2.80. The van der Waals surface area contributed by atoms with Crippen LogP contribution in [-0.2, 0) is 6.54 Å². The summed E-state index contributed by atoms with van der Waals surface area (Å²) in [6, 6.07) is 8.53. The van der Waals surface area contributed by atoms with Crippen LogP contribution in [-0.4, -0.2) is 51.2 Å². The van der Waals surface area contributed by atoms with Crippen molar-refractivity contribution in [2.24, 2.45) is 0 Å². The normalized spacial score (nSPS) is 15.4. The molecule has 1 fully saturated rings. The van der Waals surface area contributed by atoms with Gasteiger partial charge in [0.15, 0.2) is 0 Å². The van der Waals surface area contributed by atoms with E-state index in [1.807, 2.05) is 38.2 Å². The Bertz CT molecular complexity index is 918. The smallest absolute Gasteiger partial charge is 0.225 e. The van der Waals surface area contributed by atoms with E-state index in [0.717, 1.165) is 66.8 Å². The maximum Gasteiger partial charge on any atom is 0.225 e. The summed E-state index contributed by atoms with van der Waals surface area (Å²) >= 11 is 0. The zero-order valence-corrected chi connectivity index (χ0v) is 16.7. The summed E-state index contributed by atoms with van der Waals surface area (Å²) in [5.74, 6) is 0.801. The first-order chi connectivity index (χ1) is 13.6. The number of pyridine rings is 1. The molecule has 7 nitrogen and oxygen atoms in total. The van der Waals surface area contributed by atoms with Crippen LogP contribution in [0.25, 0.3) is 11.3 Å². The van der Waals surface area contributed by atoms with Crippen LogP contribution in [0.1, 0.15) is 29.9 Å². The number of aromatic nitrogens is 4. The van der Waals surface area contributed by atoms with Crippen molar-refractivity contribution in [3.8, 4) is 11.3 Å². The predicted molar refractivity (Wildman–Crippen MR) is 108 cm³/mol. The molecular weight excluding hydrogens is 352 g/mol. The lowest BCUT2D eigenvalue weighted by Crippen LogP contribution is -2.43. The molecule has 0 spiro atoms. The lowest BCUT2D eigenvalue weighted by atomic mass is 10.0. The van der Waals surface area contributed by atoms with E-state index in [0.29, 0.717) is 6.04 Å². The zero-order chi connectivity index (χ0) is 19.5.